The molecule has 0 aromatic carbocycles. The van der Waals surface area contributed by atoms with E-state index in [0.29, 0.717) is 30.5 Å². The molecule has 2 atom stereocenters. The van der Waals surface area contributed by atoms with Crippen LogP contribution in [0.1, 0.15) is 71.8 Å². The lowest BCUT2D eigenvalue weighted by Crippen LogP contribution is -2.46. The number of nitrogens with zero attached hydrogens (tertiary/aromatic N) is 3. The third-order valence-electron chi connectivity index (χ3n) is 5.41. The molecule has 1 aromatic rings. The number of hydrogen-bond acceptors (Lipinski definition) is 4. The van der Waals surface area contributed by atoms with Crippen molar-refractivity contribution in [3.8, 4) is 0 Å². The van der Waals surface area contributed by atoms with Crippen molar-refractivity contribution in [1.29, 1.82) is 0 Å². The summed E-state index contributed by atoms with van der Waals surface area (Å²) in [6.45, 7) is 16.9. The Morgan fingerprint density at radius 3 is 2.62 bits per heavy atom. The summed E-state index contributed by atoms with van der Waals surface area (Å²) >= 11 is 0. The van der Waals surface area contributed by atoms with E-state index in [1.54, 1.807) is 0 Å². The third-order valence-corrected chi connectivity index (χ3v) is 5.41. The lowest BCUT2D eigenvalue weighted by Gasteiger charge is -2.21. The van der Waals surface area contributed by atoms with Crippen molar-refractivity contribution >= 4 is 5.96 Å². The number of rotatable bonds is 8. The molecule has 1 fully saturated rings. The molecule has 0 bridgehead atoms. The van der Waals surface area contributed by atoms with Crippen LogP contribution >= 0.6 is 0 Å². The number of hydrogen-bond donors (Lipinski definition) is 2. The second kappa shape index (κ2) is 9.95. The molecule has 2 heterocycles. The first-order valence-electron chi connectivity index (χ1n) is 10.2. The Bertz CT molecular complexity index is 564. The Balaban J connectivity index is 1.98. The van der Waals surface area contributed by atoms with Crippen LogP contribution in [0.3, 0.4) is 0 Å². The van der Waals surface area contributed by atoms with Crippen LogP contribution in [0.4, 0.5) is 0 Å². The largest absolute Gasteiger partial charge is 0.359 e. The highest BCUT2D eigenvalue weighted by Crippen LogP contribution is 2.22. The first-order valence-corrected chi connectivity index (χ1v) is 10.2. The van der Waals surface area contributed by atoms with Crippen LogP contribution in [0.5, 0.6) is 0 Å². The summed E-state index contributed by atoms with van der Waals surface area (Å²) < 4.78 is 5.50. The number of likely N-dealkylation sites (tertiary alicyclic amines) is 1. The molecule has 0 saturated carbocycles. The molecule has 1 aliphatic heterocycles. The van der Waals surface area contributed by atoms with E-state index in [1.807, 2.05) is 0 Å². The standard InChI is InChI=1S/C20H37N5O/c1-7-16(8-2)18-10-17(26-24-18)11-22-20(21-9-3)23-19-13-25(14(4)5)12-15(19)6/h10,14-16,19H,7-9,11-13H2,1-6H3,(H2,21,22,23). The fourth-order valence-electron chi connectivity index (χ4n) is 3.57. The van der Waals surface area contributed by atoms with Gasteiger partial charge in [0, 0.05) is 43.7 Å². The van der Waals surface area contributed by atoms with Gasteiger partial charge in [-0.1, -0.05) is 25.9 Å². The molecule has 2 rings (SSSR count). The van der Waals surface area contributed by atoms with Gasteiger partial charge >= 0.3 is 0 Å². The molecule has 0 radical (unpaired) electrons. The quantitative estimate of drug-likeness (QED) is 0.548. The lowest BCUT2D eigenvalue weighted by atomic mass is 9.99. The number of aromatic nitrogens is 1. The van der Waals surface area contributed by atoms with E-state index in [4.69, 9.17) is 9.52 Å². The number of nitrogens with one attached hydrogen (secondary N) is 2. The summed E-state index contributed by atoms with van der Waals surface area (Å²) in [7, 11) is 0. The molecule has 26 heavy (non-hydrogen) atoms. The predicted molar refractivity (Wildman–Crippen MR) is 107 cm³/mol. The van der Waals surface area contributed by atoms with Crippen LogP contribution in [0.2, 0.25) is 0 Å². The number of aliphatic imine (C=N–C) groups is 1. The second-order valence-corrected chi connectivity index (χ2v) is 7.70. The van der Waals surface area contributed by atoms with Crippen LogP contribution in [-0.2, 0) is 6.54 Å². The van der Waals surface area contributed by atoms with E-state index >= 15 is 0 Å². The zero-order chi connectivity index (χ0) is 19.1. The van der Waals surface area contributed by atoms with E-state index in [-0.39, 0.29) is 0 Å². The van der Waals surface area contributed by atoms with Gasteiger partial charge in [0.15, 0.2) is 11.7 Å². The van der Waals surface area contributed by atoms with Gasteiger partial charge in [0.05, 0.1) is 5.69 Å². The zero-order valence-electron chi connectivity index (χ0n) is 17.4. The Morgan fingerprint density at radius 2 is 2.04 bits per heavy atom. The second-order valence-electron chi connectivity index (χ2n) is 7.70. The summed E-state index contributed by atoms with van der Waals surface area (Å²) in [5.74, 6) is 2.76. The molecule has 6 heteroatoms. The fourth-order valence-corrected chi connectivity index (χ4v) is 3.57. The molecule has 0 amide bonds. The molecule has 1 saturated heterocycles. The lowest BCUT2D eigenvalue weighted by molar-refractivity contribution is 0.265. The average molecular weight is 364 g/mol. The highest BCUT2D eigenvalue weighted by Gasteiger charge is 2.31. The van der Waals surface area contributed by atoms with Crippen molar-refractivity contribution in [2.75, 3.05) is 19.6 Å². The van der Waals surface area contributed by atoms with Crippen LogP contribution in [0.25, 0.3) is 0 Å². The molecular weight excluding hydrogens is 326 g/mol. The van der Waals surface area contributed by atoms with Crippen LogP contribution in [-0.4, -0.2) is 47.7 Å². The molecule has 0 spiro atoms. The van der Waals surface area contributed by atoms with Gasteiger partial charge in [-0.15, -0.1) is 0 Å². The smallest absolute Gasteiger partial charge is 0.191 e. The van der Waals surface area contributed by atoms with E-state index in [9.17, 15) is 0 Å². The summed E-state index contributed by atoms with van der Waals surface area (Å²) in [6, 6.07) is 3.06. The monoisotopic (exact) mass is 363 g/mol. The third kappa shape index (κ3) is 5.47. The minimum atomic E-state index is 0.421. The fraction of sp³-hybridized carbons (Fsp3) is 0.800. The zero-order valence-corrected chi connectivity index (χ0v) is 17.4. The van der Waals surface area contributed by atoms with Crippen molar-refractivity contribution in [2.45, 2.75) is 78.9 Å². The van der Waals surface area contributed by atoms with E-state index in [2.05, 4.69) is 68.3 Å². The Kier molecular flexibility index (Phi) is 7.94. The molecule has 1 aliphatic rings. The van der Waals surface area contributed by atoms with Gasteiger partial charge in [0.1, 0.15) is 6.54 Å². The van der Waals surface area contributed by atoms with Crippen LogP contribution in [0.15, 0.2) is 15.6 Å². The van der Waals surface area contributed by atoms with Crippen molar-refractivity contribution in [1.82, 2.24) is 20.7 Å². The predicted octanol–water partition coefficient (Wildman–Crippen LogP) is 3.36. The highest BCUT2D eigenvalue weighted by molar-refractivity contribution is 5.80. The number of guanidine groups is 1. The van der Waals surface area contributed by atoms with Gasteiger partial charge in [-0.05, 0) is 39.5 Å². The first kappa shape index (κ1) is 20.7. The minimum Gasteiger partial charge on any atom is -0.359 e. The Hall–Kier alpha value is -1.56. The molecule has 2 N–H and O–H groups in total. The maximum Gasteiger partial charge on any atom is 0.191 e. The van der Waals surface area contributed by atoms with Gasteiger partial charge < -0.3 is 15.2 Å². The van der Waals surface area contributed by atoms with Gasteiger partial charge in [-0.2, -0.15) is 0 Å². The maximum absolute atomic E-state index is 5.50. The topological polar surface area (TPSA) is 65.7 Å². The van der Waals surface area contributed by atoms with Crippen molar-refractivity contribution in [3.05, 3.63) is 17.5 Å². The van der Waals surface area contributed by atoms with E-state index in [1.165, 1.54) is 0 Å². The van der Waals surface area contributed by atoms with Crippen molar-refractivity contribution < 1.29 is 4.52 Å². The van der Waals surface area contributed by atoms with Gasteiger partial charge in [0.25, 0.3) is 0 Å². The summed E-state index contributed by atoms with van der Waals surface area (Å²) in [5.41, 5.74) is 1.05. The highest BCUT2D eigenvalue weighted by atomic mass is 16.5. The van der Waals surface area contributed by atoms with Crippen molar-refractivity contribution in [3.63, 3.8) is 0 Å². The molecule has 2 unspecified atom stereocenters. The molecule has 6 nitrogen and oxygen atoms in total. The van der Waals surface area contributed by atoms with Gasteiger partial charge in [-0.25, -0.2) is 4.99 Å². The normalized spacial score (nSPS) is 21.8. The summed E-state index contributed by atoms with van der Waals surface area (Å²) in [6.07, 6.45) is 2.17. The van der Waals surface area contributed by atoms with E-state index < -0.39 is 0 Å². The molecule has 1 aromatic heterocycles. The van der Waals surface area contributed by atoms with Gasteiger partial charge in [0.2, 0.25) is 0 Å². The summed E-state index contributed by atoms with van der Waals surface area (Å²) in [4.78, 5) is 7.24. The Morgan fingerprint density at radius 1 is 1.31 bits per heavy atom. The average Bonchev–Trinajstić information content (AvgIpc) is 3.22. The molecule has 0 aliphatic carbocycles. The Labute approximate surface area is 158 Å². The van der Waals surface area contributed by atoms with Crippen molar-refractivity contribution in [2.24, 2.45) is 10.9 Å². The molecular formula is C20H37N5O. The molecule has 148 valence electrons. The SMILES string of the molecule is CCNC(=NCc1cc(C(CC)CC)no1)NC1CN(C(C)C)CC1C. The van der Waals surface area contributed by atoms with Crippen LogP contribution < -0.4 is 10.6 Å². The first-order chi connectivity index (χ1) is 12.5. The summed E-state index contributed by atoms with van der Waals surface area (Å²) in [5, 5.41) is 11.2. The maximum atomic E-state index is 5.50. The minimum absolute atomic E-state index is 0.421. The van der Waals surface area contributed by atoms with E-state index in [0.717, 1.165) is 49.9 Å². The van der Waals surface area contributed by atoms with Crippen LogP contribution in [0, 0.1) is 5.92 Å². The van der Waals surface area contributed by atoms with Gasteiger partial charge in [-0.3, -0.25) is 4.90 Å².